The molecule has 0 bridgehead atoms. The highest BCUT2D eigenvalue weighted by atomic mass is 32.1. The minimum atomic E-state index is -0.157. The van der Waals surface area contributed by atoms with Crippen molar-refractivity contribution in [3.8, 4) is 11.5 Å². The number of rotatable bonds is 8. The minimum Gasteiger partial charge on any atom is -0.494 e. The molecule has 0 atom stereocenters. The number of anilines is 1. The van der Waals surface area contributed by atoms with E-state index in [0.29, 0.717) is 36.3 Å². The van der Waals surface area contributed by atoms with E-state index in [-0.39, 0.29) is 5.91 Å². The Hall–Kier alpha value is -4.10. The standard InChI is InChI=1S/C29H27N3O3S/c1-3-34-24-15-13-22(14-16-24)32-28(33)27(30(2)29(32)36)19-21-20-31(26-12-8-7-11-25(21)26)17-18-35-23-9-5-4-6-10-23/h4-16,19-20H,3,17-18H2,1-2H3/b27-19-. The first-order valence-electron chi connectivity index (χ1n) is 11.9. The summed E-state index contributed by atoms with van der Waals surface area (Å²) in [6, 6.07) is 25.4. The highest BCUT2D eigenvalue weighted by Gasteiger charge is 2.37. The van der Waals surface area contributed by atoms with Gasteiger partial charge in [0.15, 0.2) is 5.11 Å². The SMILES string of the molecule is CCOc1ccc(N2C(=O)/C(=C/c3cn(CCOc4ccccc4)c4ccccc34)N(C)C2=S)cc1. The van der Waals surface area contributed by atoms with Gasteiger partial charge in [-0.15, -0.1) is 0 Å². The van der Waals surface area contributed by atoms with Gasteiger partial charge in [0.1, 0.15) is 23.8 Å². The maximum atomic E-state index is 13.5. The molecule has 0 aliphatic carbocycles. The van der Waals surface area contributed by atoms with Crippen LogP contribution in [0.3, 0.4) is 0 Å². The van der Waals surface area contributed by atoms with Crippen LogP contribution in [0, 0.1) is 0 Å². The Balaban J connectivity index is 1.42. The molecular weight excluding hydrogens is 470 g/mol. The van der Waals surface area contributed by atoms with Crippen molar-refractivity contribution in [3.63, 3.8) is 0 Å². The van der Waals surface area contributed by atoms with Crippen molar-refractivity contribution < 1.29 is 14.3 Å². The van der Waals surface area contributed by atoms with Crippen molar-refractivity contribution in [3.05, 3.63) is 96.3 Å². The van der Waals surface area contributed by atoms with Gasteiger partial charge in [-0.25, -0.2) is 0 Å². The average Bonchev–Trinajstić information content (AvgIpc) is 3.35. The van der Waals surface area contributed by atoms with E-state index in [1.807, 2.05) is 86.8 Å². The lowest BCUT2D eigenvalue weighted by Gasteiger charge is -2.16. The monoisotopic (exact) mass is 497 g/mol. The van der Waals surface area contributed by atoms with Gasteiger partial charge in [0, 0.05) is 29.7 Å². The molecule has 5 rings (SSSR count). The van der Waals surface area contributed by atoms with Crippen molar-refractivity contribution >= 4 is 45.9 Å². The summed E-state index contributed by atoms with van der Waals surface area (Å²) in [6.45, 7) is 3.74. The number of para-hydroxylation sites is 2. The summed E-state index contributed by atoms with van der Waals surface area (Å²) in [5, 5.41) is 1.51. The van der Waals surface area contributed by atoms with Gasteiger partial charge in [-0.05, 0) is 67.7 Å². The Morgan fingerprint density at radius 2 is 1.58 bits per heavy atom. The van der Waals surface area contributed by atoms with E-state index in [4.69, 9.17) is 21.7 Å². The number of ether oxygens (including phenoxy) is 2. The van der Waals surface area contributed by atoms with Crippen LogP contribution in [0.5, 0.6) is 11.5 Å². The lowest BCUT2D eigenvalue weighted by molar-refractivity contribution is -0.114. The molecule has 4 aromatic rings. The Morgan fingerprint density at radius 3 is 2.33 bits per heavy atom. The maximum Gasteiger partial charge on any atom is 0.281 e. The van der Waals surface area contributed by atoms with Crippen LogP contribution in [-0.2, 0) is 11.3 Å². The molecule has 1 aromatic heterocycles. The first-order chi connectivity index (χ1) is 17.6. The zero-order valence-electron chi connectivity index (χ0n) is 20.3. The number of aromatic nitrogens is 1. The van der Waals surface area contributed by atoms with E-state index in [1.54, 1.807) is 9.80 Å². The average molecular weight is 498 g/mol. The van der Waals surface area contributed by atoms with Gasteiger partial charge in [-0.3, -0.25) is 9.69 Å². The molecule has 0 spiro atoms. The third-order valence-corrected chi connectivity index (χ3v) is 6.58. The number of thiocarbonyl (C=S) groups is 1. The van der Waals surface area contributed by atoms with Crippen molar-refractivity contribution in [1.29, 1.82) is 0 Å². The molecule has 7 heteroatoms. The number of carbonyl (C=O) groups is 1. The van der Waals surface area contributed by atoms with Crippen LogP contribution in [0.4, 0.5) is 5.69 Å². The van der Waals surface area contributed by atoms with Gasteiger partial charge in [0.2, 0.25) is 0 Å². The summed E-state index contributed by atoms with van der Waals surface area (Å²) in [5.74, 6) is 1.44. The summed E-state index contributed by atoms with van der Waals surface area (Å²) in [7, 11) is 1.83. The van der Waals surface area contributed by atoms with Crippen LogP contribution < -0.4 is 14.4 Å². The second-order valence-electron chi connectivity index (χ2n) is 8.40. The van der Waals surface area contributed by atoms with E-state index < -0.39 is 0 Å². The van der Waals surface area contributed by atoms with Gasteiger partial charge in [0.05, 0.1) is 18.8 Å². The second-order valence-corrected chi connectivity index (χ2v) is 8.76. The Morgan fingerprint density at radius 1 is 0.889 bits per heavy atom. The zero-order chi connectivity index (χ0) is 25.1. The Labute approximate surface area is 216 Å². The van der Waals surface area contributed by atoms with Crippen molar-refractivity contribution in [2.45, 2.75) is 13.5 Å². The minimum absolute atomic E-state index is 0.157. The summed E-state index contributed by atoms with van der Waals surface area (Å²) in [5.41, 5.74) is 3.28. The molecule has 0 radical (unpaired) electrons. The van der Waals surface area contributed by atoms with Crippen LogP contribution >= 0.6 is 12.2 Å². The van der Waals surface area contributed by atoms with Crippen LogP contribution in [0.2, 0.25) is 0 Å². The highest BCUT2D eigenvalue weighted by molar-refractivity contribution is 7.80. The lowest BCUT2D eigenvalue weighted by atomic mass is 10.1. The molecule has 6 nitrogen and oxygen atoms in total. The van der Waals surface area contributed by atoms with Crippen molar-refractivity contribution in [1.82, 2.24) is 9.47 Å². The van der Waals surface area contributed by atoms with E-state index >= 15 is 0 Å². The fraction of sp³-hybridized carbons (Fsp3) is 0.172. The molecule has 182 valence electrons. The van der Waals surface area contributed by atoms with Crippen LogP contribution in [-0.4, -0.2) is 40.7 Å². The number of nitrogens with zero attached hydrogens (tertiary/aromatic N) is 3. The predicted octanol–water partition coefficient (Wildman–Crippen LogP) is 5.72. The number of hydrogen-bond donors (Lipinski definition) is 0. The van der Waals surface area contributed by atoms with Gasteiger partial charge in [-0.1, -0.05) is 36.4 Å². The third-order valence-electron chi connectivity index (χ3n) is 6.12. The maximum absolute atomic E-state index is 13.5. The number of hydrogen-bond acceptors (Lipinski definition) is 4. The number of fused-ring (bicyclic) bond motifs is 1. The summed E-state index contributed by atoms with van der Waals surface area (Å²) in [4.78, 5) is 16.8. The van der Waals surface area contributed by atoms with Crippen molar-refractivity contribution in [2.24, 2.45) is 0 Å². The number of amides is 1. The largest absolute Gasteiger partial charge is 0.494 e. The smallest absolute Gasteiger partial charge is 0.281 e. The topological polar surface area (TPSA) is 46.9 Å². The van der Waals surface area contributed by atoms with Crippen LogP contribution in [0.25, 0.3) is 17.0 Å². The Bertz CT molecular complexity index is 1430. The molecule has 1 aliphatic heterocycles. The first-order valence-corrected chi connectivity index (χ1v) is 12.3. The first kappa shape index (κ1) is 23.6. The summed E-state index contributed by atoms with van der Waals surface area (Å²) >= 11 is 5.64. The normalized spacial score (nSPS) is 14.8. The molecule has 1 saturated heterocycles. The predicted molar refractivity (Wildman–Crippen MR) is 147 cm³/mol. The molecule has 0 N–H and O–H groups in total. The van der Waals surface area contributed by atoms with E-state index in [0.717, 1.165) is 28.0 Å². The molecule has 0 saturated carbocycles. The summed E-state index contributed by atoms with van der Waals surface area (Å²) in [6.07, 6.45) is 3.98. The fourth-order valence-electron chi connectivity index (χ4n) is 4.34. The van der Waals surface area contributed by atoms with Gasteiger partial charge >= 0.3 is 0 Å². The third kappa shape index (κ3) is 4.57. The second kappa shape index (κ2) is 10.3. The van der Waals surface area contributed by atoms with Gasteiger partial charge < -0.3 is 18.9 Å². The quantitative estimate of drug-likeness (QED) is 0.230. The van der Waals surface area contributed by atoms with E-state index in [2.05, 4.69) is 22.9 Å². The van der Waals surface area contributed by atoms with Crippen LogP contribution in [0.15, 0.2) is 90.8 Å². The summed E-state index contributed by atoms with van der Waals surface area (Å²) < 4.78 is 13.6. The number of benzene rings is 3. The molecular formula is C29H27N3O3S. The number of likely N-dealkylation sites (N-methyl/N-ethyl adjacent to an activating group) is 1. The van der Waals surface area contributed by atoms with E-state index in [9.17, 15) is 4.79 Å². The van der Waals surface area contributed by atoms with Crippen molar-refractivity contribution in [2.75, 3.05) is 25.2 Å². The van der Waals surface area contributed by atoms with Gasteiger partial charge in [-0.2, -0.15) is 0 Å². The highest BCUT2D eigenvalue weighted by Crippen LogP contribution is 2.31. The molecule has 2 heterocycles. The molecule has 1 fully saturated rings. The molecule has 1 aliphatic rings. The Kier molecular flexibility index (Phi) is 6.73. The fourth-order valence-corrected chi connectivity index (χ4v) is 4.63. The lowest BCUT2D eigenvalue weighted by Crippen LogP contribution is -2.31. The zero-order valence-corrected chi connectivity index (χ0v) is 21.1. The molecule has 1 amide bonds. The van der Waals surface area contributed by atoms with Gasteiger partial charge in [0.25, 0.3) is 5.91 Å². The molecule has 0 unspecified atom stereocenters. The number of carbonyl (C=O) groups excluding carboxylic acids is 1. The van der Waals surface area contributed by atoms with E-state index in [1.165, 1.54) is 0 Å². The van der Waals surface area contributed by atoms with Crippen LogP contribution in [0.1, 0.15) is 12.5 Å². The molecule has 36 heavy (non-hydrogen) atoms. The molecule has 3 aromatic carbocycles.